The van der Waals surface area contributed by atoms with Crippen molar-refractivity contribution < 1.29 is 0 Å². The maximum Gasteiger partial charge on any atom is 0.189 e. The summed E-state index contributed by atoms with van der Waals surface area (Å²) in [5, 5.41) is 13.3. The van der Waals surface area contributed by atoms with E-state index in [1.54, 1.807) is 0 Å². The third-order valence-corrected chi connectivity index (χ3v) is 3.62. The first-order valence-corrected chi connectivity index (χ1v) is 8.61. The molecule has 2 aromatic rings. The zero-order valence-electron chi connectivity index (χ0n) is 11.6. The quantitative estimate of drug-likeness (QED) is 0.458. The van der Waals surface area contributed by atoms with Gasteiger partial charge in [0, 0.05) is 5.69 Å². The first kappa shape index (κ1) is 15.8. The fourth-order valence-electron chi connectivity index (χ4n) is 1.79. The minimum absolute atomic E-state index is 0.447. The summed E-state index contributed by atoms with van der Waals surface area (Å²) in [6, 6.07) is 10.1. The lowest BCUT2D eigenvalue weighted by Crippen LogP contribution is -2.03. The van der Waals surface area contributed by atoms with E-state index in [1.165, 1.54) is 11.8 Å². The first-order valence-electron chi connectivity index (χ1n) is 6.14. The van der Waals surface area contributed by atoms with Crippen LogP contribution in [0.2, 0.25) is 0 Å². The van der Waals surface area contributed by atoms with Gasteiger partial charge in [-0.1, -0.05) is 46.5 Å². The first-order chi connectivity index (χ1) is 10.2. The van der Waals surface area contributed by atoms with Crippen molar-refractivity contribution in [1.29, 1.82) is 5.26 Å². The Morgan fingerprint density at radius 2 is 2.19 bits per heavy atom. The molecule has 0 aliphatic carbocycles. The Kier molecular flexibility index (Phi) is 5.59. The largest absolute Gasteiger partial charge is 0.339 e. The molecule has 0 saturated heterocycles. The molecule has 1 aromatic heterocycles. The highest BCUT2D eigenvalue weighted by atomic mass is 127. The number of hydrogen-bond acceptors (Lipinski definition) is 5. The van der Waals surface area contributed by atoms with Crippen molar-refractivity contribution >= 4 is 51.9 Å². The van der Waals surface area contributed by atoms with Crippen LogP contribution in [0, 0.1) is 18.3 Å². The van der Waals surface area contributed by atoms with E-state index in [4.69, 9.17) is 0 Å². The molecule has 106 valence electrons. The molecule has 0 aliphatic heterocycles. The molecule has 0 radical (unpaired) electrons. The van der Waals surface area contributed by atoms with Crippen molar-refractivity contribution in [1.82, 2.24) is 9.97 Å². The van der Waals surface area contributed by atoms with Crippen LogP contribution in [0.1, 0.15) is 16.8 Å². The van der Waals surface area contributed by atoms with E-state index in [-0.39, 0.29) is 0 Å². The summed E-state index contributed by atoms with van der Waals surface area (Å²) in [5.74, 6) is 0.534. The van der Waals surface area contributed by atoms with Crippen LogP contribution in [0.15, 0.2) is 33.5 Å². The molecule has 0 amide bonds. The van der Waals surface area contributed by atoms with E-state index in [2.05, 4.69) is 43.9 Å². The summed E-state index contributed by atoms with van der Waals surface area (Å²) in [6.07, 6.45) is 3.72. The minimum Gasteiger partial charge on any atom is -0.339 e. The van der Waals surface area contributed by atoms with Crippen LogP contribution in [-0.4, -0.2) is 16.2 Å². The molecule has 0 saturated carbocycles. The lowest BCUT2D eigenvalue weighted by Gasteiger charge is -2.10. The van der Waals surface area contributed by atoms with Gasteiger partial charge in [0.25, 0.3) is 0 Å². The van der Waals surface area contributed by atoms with Gasteiger partial charge in [0.15, 0.2) is 11.0 Å². The van der Waals surface area contributed by atoms with Crippen molar-refractivity contribution in [3.8, 4) is 6.07 Å². The Balaban J connectivity index is 2.51. The van der Waals surface area contributed by atoms with Crippen LogP contribution in [0.3, 0.4) is 0 Å². The number of nitrogens with zero attached hydrogens (tertiary/aromatic N) is 3. The van der Waals surface area contributed by atoms with Crippen molar-refractivity contribution in [3.63, 3.8) is 0 Å². The van der Waals surface area contributed by atoms with Gasteiger partial charge in [-0.2, -0.15) is 5.26 Å². The van der Waals surface area contributed by atoms with E-state index in [0.29, 0.717) is 22.2 Å². The van der Waals surface area contributed by atoms with Crippen molar-refractivity contribution in [2.45, 2.75) is 12.1 Å². The summed E-state index contributed by atoms with van der Waals surface area (Å²) in [7, 11) is 0. The zero-order chi connectivity index (χ0) is 15.2. The molecule has 0 spiro atoms. The highest BCUT2D eigenvalue weighted by molar-refractivity contribution is 14.1. The van der Waals surface area contributed by atoms with Gasteiger partial charge in [0.1, 0.15) is 11.6 Å². The third-order valence-electron chi connectivity index (χ3n) is 2.71. The Labute approximate surface area is 141 Å². The lowest BCUT2D eigenvalue weighted by atomic mass is 10.2. The van der Waals surface area contributed by atoms with Crippen molar-refractivity contribution in [2.24, 2.45) is 0 Å². The van der Waals surface area contributed by atoms with Gasteiger partial charge in [-0.15, -0.1) is 0 Å². The van der Waals surface area contributed by atoms with Gasteiger partial charge in [0.05, 0.1) is 5.69 Å². The highest BCUT2D eigenvalue weighted by Crippen LogP contribution is 2.25. The zero-order valence-corrected chi connectivity index (χ0v) is 14.6. The molecule has 6 heteroatoms. The number of thioether (sulfide) groups is 1. The molecular weight excluding hydrogens is 395 g/mol. The van der Waals surface area contributed by atoms with Crippen molar-refractivity contribution in [2.75, 3.05) is 11.6 Å². The van der Waals surface area contributed by atoms with Crippen LogP contribution in [-0.2, 0) is 0 Å². The number of aryl methyl sites for hydroxylation is 1. The molecule has 21 heavy (non-hydrogen) atoms. The number of anilines is 2. The van der Waals surface area contributed by atoms with Crippen LogP contribution < -0.4 is 5.32 Å². The van der Waals surface area contributed by atoms with E-state index in [1.807, 2.05) is 47.6 Å². The second-order valence-corrected chi connectivity index (χ2v) is 5.71. The van der Waals surface area contributed by atoms with Gasteiger partial charge < -0.3 is 5.32 Å². The van der Waals surface area contributed by atoms with Crippen LogP contribution in [0.4, 0.5) is 11.5 Å². The normalized spacial score (nSPS) is 10.6. The summed E-state index contributed by atoms with van der Waals surface area (Å²) in [5.41, 5.74) is 3.12. The van der Waals surface area contributed by atoms with E-state index in [0.717, 1.165) is 11.3 Å². The van der Waals surface area contributed by atoms with Crippen LogP contribution in [0.25, 0.3) is 6.08 Å². The number of benzene rings is 1. The van der Waals surface area contributed by atoms with E-state index >= 15 is 0 Å². The summed E-state index contributed by atoms with van der Waals surface area (Å²) in [4.78, 5) is 8.78. The molecule has 0 unspecified atom stereocenters. The fourth-order valence-corrected chi connectivity index (χ4v) is 2.50. The fraction of sp³-hybridized carbons (Fsp3) is 0.133. The molecule has 0 aliphatic rings. The molecule has 2 rings (SSSR count). The van der Waals surface area contributed by atoms with Crippen LogP contribution >= 0.6 is 34.4 Å². The number of nitrogens with one attached hydrogen (secondary N) is 1. The van der Waals surface area contributed by atoms with E-state index in [9.17, 15) is 5.26 Å². The number of aromatic nitrogens is 2. The van der Waals surface area contributed by atoms with Gasteiger partial charge in [0.2, 0.25) is 0 Å². The Bertz CT molecular complexity index is 722. The highest BCUT2D eigenvalue weighted by Gasteiger charge is 2.12. The average Bonchev–Trinajstić information content (AvgIpc) is 2.47. The summed E-state index contributed by atoms with van der Waals surface area (Å²) < 4.78 is 1.83. The maximum atomic E-state index is 9.41. The third kappa shape index (κ3) is 3.95. The molecule has 0 fully saturated rings. The second kappa shape index (κ2) is 7.43. The Morgan fingerprint density at radius 1 is 1.38 bits per heavy atom. The predicted octanol–water partition coefficient (Wildman–Crippen LogP) is 4.53. The van der Waals surface area contributed by atoms with Crippen molar-refractivity contribution in [3.05, 3.63) is 45.2 Å². The summed E-state index contributed by atoms with van der Waals surface area (Å²) in [6.45, 7) is 2.02. The number of halogens is 1. The number of nitriles is 1. The molecule has 1 aromatic carbocycles. The van der Waals surface area contributed by atoms with Gasteiger partial charge in [-0.05, 0) is 41.0 Å². The molecule has 1 N–H and O–H groups in total. The lowest BCUT2D eigenvalue weighted by molar-refractivity contribution is 0.959. The second-order valence-electron chi connectivity index (χ2n) is 4.22. The molecule has 1 heterocycles. The predicted molar refractivity (Wildman–Crippen MR) is 96.0 cm³/mol. The Morgan fingerprint density at radius 3 is 2.81 bits per heavy atom. The monoisotopic (exact) mass is 408 g/mol. The molecule has 0 atom stereocenters. The van der Waals surface area contributed by atoms with Crippen LogP contribution in [0.5, 0.6) is 0 Å². The van der Waals surface area contributed by atoms with E-state index < -0.39 is 0 Å². The number of hydrogen-bond donors (Lipinski definition) is 1. The topological polar surface area (TPSA) is 61.6 Å². The summed E-state index contributed by atoms with van der Waals surface area (Å²) >= 11 is 3.56. The van der Waals surface area contributed by atoms with Gasteiger partial charge in [-0.3, -0.25) is 0 Å². The SMILES string of the molecule is CSc1nc(/C=C/I)c(C#N)c(Nc2cccc(C)c2)n1. The molecule has 4 nitrogen and oxygen atoms in total. The standard InChI is InChI=1S/C15H13IN4S/c1-10-4-3-5-11(8-10)18-14-12(9-17)13(6-7-16)19-15(20-14)21-2/h3-8H,1-2H3,(H,18,19,20)/b7-6+. The maximum absolute atomic E-state index is 9.41. The minimum atomic E-state index is 0.447. The smallest absolute Gasteiger partial charge is 0.189 e. The number of rotatable bonds is 4. The van der Waals surface area contributed by atoms with Gasteiger partial charge in [-0.25, -0.2) is 9.97 Å². The van der Waals surface area contributed by atoms with Gasteiger partial charge >= 0.3 is 0 Å². The Hall–Kier alpha value is -1.59. The molecular formula is C15H13IN4S. The molecule has 0 bridgehead atoms. The average molecular weight is 408 g/mol.